The van der Waals surface area contributed by atoms with E-state index in [9.17, 15) is 19.2 Å². The van der Waals surface area contributed by atoms with E-state index in [4.69, 9.17) is 9.47 Å². The van der Waals surface area contributed by atoms with Gasteiger partial charge in [0.1, 0.15) is 11.9 Å². The van der Waals surface area contributed by atoms with Gasteiger partial charge in [-0.2, -0.15) is 0 Å². The summed E-state index contributed by atoms with van der Waals surface area (Å²) >= 11 is 0. The molecule has 0 aromatic heterocycles. The van der Waals surface area contributed by atoms with Crippen LogP contribution >= 0.6 is 0 Å². The van der Waals surface area contributed by atoms with Crippen LogP contribution in [0.2, 0.25) is 0 Å². The average Bonchev–Trinajstić information content (AvgIpc) is 3.05. The SMILES string of the molecule is C.C=[C-]C(=O)OC1CC(C)CC(C)(C)C1.C=[C-]C(=O)OCCCC1CCC(C)CC1.CCCCO[C-]=O.CCCO[C-]=O.[CH-]=C.[CH-]=C.[W+2].[W+2].[W].[W]. The molecule has 2 aliphatic carbocycles. The molecule has 0 spiro atoms. The third-order valence-electron chi connectivity index (χ3n) is 7.06. The molecule has 2 fully saturated rings. The van der Waals surface area contributed by atoms with E-state index in [0.717, 1.165) is 50.4 Å². The van der Waals surface area contributed by atoms with E-state index in [0.29, 0.717) is 25.7 Å². The van der Waals surface area contributed by atoms with Crippen LogP contribution in [0.5, 0.6) is 0 Å². The van der Waals surface area contributed by atoms with E-state index >= 15 is 0 Å². The van der Waals surface area contributed by atoms with Gasteiger partial charge in [-0.25, -0.2) is 0 Å². The predicted molar refractivity (Wildman–Crippen MR) is 191 cm³/mol. The first kappa shape index (κ1) is 71.9. The molecule has 2 unspecified atom stereocenters. The number of esters is 2. The molecule has 0 aromatic rings. The maximum atomic E-state index is 11.0. The molecule has 0 bridgehead atoms. The second kappa shape index (κ2) is 53.9. The molecule has 0 saturated heterocycles. The summed E-state index contributed by atoms with van der Waals surface area (Å²) in [5.74, 6) is 1.55. The molecular formula is C39H66O8W4-2. The van der Waals surface area contributed by atoms with E-state index in [-0.39, 0.29) is 103 Å². The average molecular weight is 1400 g/mol. The van der Waals surface area contributed by atoms with Gasteiger partial charge in [-0.15, -0.1) is 0 Å². The Morgan fingerprint density at radius 1 is 0.745 bits per heavy atom. The van der Waals surface area contributed by atoms with Crippen LogP contribution in [0.3, 0.4) is 0 Å². The summed E-state index contributed by atoms with van der Waals surface area (Å²) in [6.07, 6.45) is 18.1. The van der Waals surface area contributed by atoms with Crippen LogP contribution in [0.15, 0.2) is 26.3 Å². The Hall–Kier alpha value is -0.407. The van der Waals surface area contributed by atoms with Crippen molar-refractivity contribution in [2.45, 2.75) is 132 Å². The van der Waals surface area contributed by atoms with Gasteiger partial charge in [0.15, 0.2) is 0 Å². The third kappa shape index (κ3) is 54.0. The van der Waals surface area contributed by atoms with Gasteiger partial charge in [0.2, 0.25) is 0 Å². The van der Waals surface area contributed by atoms with Crippen molar-refractivity contribution in [1.29, 1.82) is 0 Å². The van der Waals surface area contributed by atoms with Crippen molar-refractivity contribution in [2.75, 3.05) is 19.8 Å². The van der Waals surface area contributed by atoms with Crippen LogP contribution in [0.1, 0.15) is 126 Å². The summed E-state index contributed by atoms with van der Waals surface area (Å²) in [7, 11) is 0. The van der Waals surface area contributed by atoms with Gasteiger partial charge in [-0.1, -0.05) is 94.0 Å². The molecule has 2 atom stereocenters. The second-order valence-electron chi connectivity index (χ2n) is 11.9. The van der Waals surface area contributed by atoms with Gasteiger partial charge in [-0.3, -0.25) is 35.9 Å². The summed E-state index contributed by atoms with van der Waals surface area (Å²) in [5.41, 5.74) is 0.282. The van der Waals surface area contributed by atoms with Gasteiger partial charge in [0, 0.05) is 55.3 Å². The fourth-order valence-corrected chi connectivity index (χ4v) is 5.15. The van der Waals surface area contributed by atoms with Crippen LogP contribution in [0, 0.1) is 48.5 Å². The number of hydrogen-bond acceptors (Lipinski definition) is 8. The van der Waals surface area contributed by atoms with Crippen molar-refractivity contribution in [3.8, 4) is 0 Å². The summed E-state index contributed by atoms with van der Waals surface area (Å²) in [6.45, 7) is 37.7. The maximum Gasteiger partial charge on any atom is 2.00 e. The predicted octanol–water partition coefficient (Wildman–Crippen LogP) is 9.05. The minimum atomic E-state index is -0.424. The Morgan fingerprint density at radius 2 is 1.24 bits per heavy atom. The first-order valence-corrected chi connectivity index (χ1v) is 16.2. The fraction of sp³-hybridized carbons (Fsp3) is 0.692. The topological polar surface area (TPSA) is 105 Å². The van der Waals surface area contributed by atoms with Crippen molar-refractivity contribution in [3.63, 3.8) is 0 Å². The molecular weight excluding hydrogens is 1330 g/mol. The smallest absolute Gasteiger partial charge is 0.653 e. The maximum absolute atomic E-state index is 11.0. The first-order valence-electron chi connectivity index (χ1n) is 16.2. The molecule has 12 heteroatoms. The van der Waals surface area contributed by atoms with Crippen molar-refractivity contribution in [2.24, 2.45) is 23.2 Å². The molecule has 2 rings (SSSR count). The van der Waals surface area contributed by atoms with Gasteiger partial charge >= 0.3 is 42.1 Å². The minimum Gasteiger partial charge on any atom is -0.653 e. The van der Waals surface area contributed by atoms with E-state index in [1.807, 2.05) is 13.8 Å². The number of hydrogen-bond donors (Lipinski definition) is 0. The monoisotopic (exact) mass is 1400 g/mol. The van der Waals surface area contributed by atoms with Gasteiger partial charge < -0.3 is 53.8 Å². The van der Waals surface area contributed by atoms with Crippen LogP contribution in [0.4, 0.5) is 0 Å². The van der Waals surface area contributed by atoms with Crippen LogP contribution in [-0.4, -0.2) is 50.8 Å². The molecule has 0 amide bonds. The zero-order valence-electron chi connectivity index (χ0n) is 31.3. The molecule has 51 heavy (non-hydrogen) atoms. The molecule has 2 saturated carbocycles. The van der Waals surface area contributed by atoms with E-state index in [1.165, 1.54) is 51.5 Å². The van der Waals surface area contributed by atoms with Crippen LogP contribution in [0.25, 0.3) is 0 Å². The van der Waals surface area contributed by atoms with Gasteiger partial charge in [0.05, 0.1) is 12.7 Å². The number of unbranched alkanes of at least 4 members (excludes halogenated alkanes) is 1. The second-order valence-corrected chi connectivity index (χ2v) is 11.9. The Labute approximate surface area is 371 Å². The third-order valence-corrected chi connectivity index (χ3v) is 7.06. The Kier molecular flexibility index (Phi) is 76.1. The summed E-state index contributed by atoms with van der Waals surface area (Å²) in [5, 5.41) is 0. The molecule has 0 aromatic carbocycles. The molecule has 0 heterocycles. The zero-order valence-corrected chi connectivity index (χ0v) is 43.0. The van der Waals surface area contributed by atoms with Crippen LogP contribution < -0.4 is 0 Å². The summed E-state index contributed by atoms with van der Waals surface area (Å²) < 4.78 is 18.6. The standard InChI is InChI=1S/C13H21O2.C12H19O2.C5H9O2.C4H7O2.2C2H3.CH4.4W/c1-3-13(14)15-10-4-5-12-8-6-11(2)7-9-12;1-5-11(13)14-10-6-9(2)7-12(3,4)8-10;1-2-3-4-7-5-6;1-2-3-6-4-5;2*1-2;;;;;/h11-12H,1,4-10H2,2H3;9-10H,1,6-8H2,2-4H3;2-4H2,1H3;2-3H2,1H3;2*1H,2H2;1H4;;;;/q6*-1;;;;2*+2. The minimum absolute atomic E-state index is 0. The fourth-order valence-electron chi connectivity index (χ4n) is 5.15. The van der Waals surface area contributed by atoms with Crippen LogP contribution in [-0.2, 0) is 122 Å². The molecule has 0 aliphatic heterocycles. The van der Waals surface area contributed by atoms with E-state index < -0.39 is 11.9 Å². The van der Waals surface area contributed by atoms with Gasteiger partial charge in [0.25, 0.3) is 0 Å². The largest absolute Gasteiger partial charge is 2.00 e. The van der Waals surface area contributed by atoms with Crippen molar-refractivity contribution in [1.82, 2.24) is 0 Å². The Bertz CT molecular complexity index is 774. The van der Waals surface area contributed by atoms with Gasteiger partial charge in [-0.05, 0) is 68.1 Å². The summed E-state index contributed by atoms with van der Waals surface area (Å²) in [4.78, 5) is 40.3. The van der Waals surface area contributed by atoms with Crippen molar-refractivity contribution < 1.29 is 122 Å². The molecule has 0 N–H and O–H groups in total. The number of rotatable bonds is 14. The van der Waals surface area contributed by atoms with Crippen molar-refractivity contribution in [3.05, 3.63) is 51.6 Å². The number of ether oxygens (including phenoxy) is 4. The number of carbonyl (C=O) groups excluding carboxylic acids is 4. The van der Waals surface area contributed by atoms with E-state index in [2.05, 4.69) is 88.8 Å². The Balaban J connectivity index is -0.0000000650. The number of carbonyl (C=O) groups is 2. The zero-order chi connectivity index (χ0) is 36.2. The summed E-state index contributed by atoms with van der Waals surface area (Å²) in [6, 6.07) is 0. The quantitative estimate of drug-likeness (QED) is 0.0559. The van der Waals surface area contributed by atoms with E-state index in [1.54, 1.807) is 0 Å². The molecule has 296 valence electrons. The Morgan fingerprint density at radius 3 is 1.63 bits per heavy atom. The van der Waals surface area contributed by atoms with Crippen molar-refractivity contribution >= 4 is 24.9 Å². The molecule has 2 aliphatic rings. The normalized spacial score (nSPS) is 18.2. The molecule has 0 radical (unpaired) electrons. The molecule has 8 nitrogen and oxygen atoms in total. The first-order chi connectivity index (χ1) is 22.0.